The summed E-state index contributed by atoms with van der Waals surface area (Å²) in [5, 5.41) is 12.2. The Morgan fingerprint density at radius 3 is 2.55 bits per heavy atom. The van der Waals surface area contributed by atoms with E-state index in [4.69, 9.17) is 4.74 Å². The second-order valence-electron chi connectivity index (χ2n) is 4.90. The van der Waals surface area contributed by atoms with Crippen LogP contribution in [0.5, 0.6) is 5.75 Å². The number of hydrogen-bond acceptors (Lipinski definition) is 3. The van der Waals surface area contributed by atoms with Gasteiger partial charge in [0.15, 0.2) is 0 Å². The van der Waals surface area contributed by atoms with Crippen molar-refractivity contribution in [2.75, 3.05) is 13.7 Å². The monoisotopic (exact) mass is 319 g/mol. The molecule has 0 fully saturated rings. The lowest BCUT2D eigenvalue weighted by Crippen LogP contribution is -2.54. The molecule has 0 unspecified atom stereocenters. The smallest absolute Gasteiger partial charge is 0.430 e. The molecule has 0 bridgehead atoms. The Balaban J connectivity index is 3.07. The molecule has 0 aromatic heterocycles. The Bertz CT molecular complexity index is 505. The normalized spacial score (nSPS) is 14.3. The number of halogens is 3. The van der Waals surface area contributed by atoms with Gasteiger partial charge in [0.2, 0.25) is 0 Å². The number of unbranched alkanes of at least 4 members (excludes halogenated alkanes) is 2. The van der Waals surface area contributed by atoms with E-state index in [0.717, 1.165) is 25.0 Å². The first-order chi connectivity index (χ1) is 10.3. The van der Waals surface area contributed by atoms with Crippen molar-refractivity contribution in [3.05, 3.63) is 29.8 Å². The molecular weight excluding hydrogens is 299 g/mol. The van der Waals surface area contributed by atoms with Crippen LogP contribution in [-0.4, -0.2) is 30.8 Å². The highest BCUT2D eigenvalue weighted by Gasteiger charge is 2.60. The van der Waals surface area contributed by atoms with Crippen LogP contribution in [0, 0.1) is 0 Å². The predicted molar refractivity (Wildman–Crippen MR) is 75.5 cm³/mol. The third-order valence-corrected chi connectivity index (χ3v) is 3.29. The van der Waals surface area contributed by atoms with Crippen molar-refractivity contribution >= 4 is 5.91 Å². The van der Waals surface area contributed by atoms with E-state index in [1.54, 1.807) is 0 Å². The van der Waals surface area contributed by atoms with Crippen LogP contribution in [0.4, 0.5) is 13.2 Å². The van der Waals surface area contributed by atoms with Gasteiger partial charge >= 0.3 is 6.18 Å². The molecule has 0 heterocycles. The molecule has 22 heavy (non-hydrogen) atoms. The van der Waals surface area contributed by atoms with Crippen LogP contribution >= 0.6 is 0 Å². The van der Waals surface area contributed by atoms with E-state index in [1.807, 2.05) is 6.92 Å². The molecule has 1 amide bonds. The highest BCUT2D eigenvalue weighted by Crippen LogP contribution is 2.40. The number of ether oxygens (including phenoxy) is 1. The SMILES string of the molecule is CCCCCNC(=O)[C@](O)(c1cccc(OC)c1)C(F)(F)F. The molecular formula is C15H20F3NO3. The van der Waals surface area contributed by atoms with Crippen molar-refractivity contribution in [1.29, 1.82) is 0 Å². The Kier molecular flexibility index (Phi) is 6.22. The zero-order valence-corrected chi connectivity index (χ0v) is 12.5. The number of hydrogen-bond donors (Lipinski definition) is 2. The molecule has 0 aliphatic carbocycles. The zero-order chi connectivity index (χ0) is 16.8. The second-order valence-corrected chi connectivity index (χ2v) is 4.90. The van der Waals surface area contributed by atoms with Gasteiger partial charge in [0.1, 0.15) is 5.75 Å². The van der Waals surface area contributed by atoms with Crippen LogP contribution in [0.2, 0.25) is 0 Å². The van der Waals surface area contributed by atoms with E-state index < -0.39 is 23.2 Å². The summed E-state index contributed by atoms with van der Waals surface area (Å²) in [5.74, 6) is -1.36. The molecule has 0 saturated carbocycles. The van der Waals surface area contributed by atoms with E-state index in [0.29, 0.717) is 6.42 Å². The van der Waals surface area contributed by atoms with Crippen LogP contribution in [0.25, 0.3) is 0 Å². The lowest BCUT2D eigenvalue weighted by atomic mass is 9.91. The summed E-state index contributed by atoms with van der Waals surface area (Å²) in [6.45, 7) is 2.01. The fourth-order valence-electron chi connectivity index (χ4n) is 1.98. The summed E-state index contributed by atoms with van der Waals surface area (Å²) in [4.78, 5) is 12.0. The van der Waals surface area contributed by atoms with Crippen LogP contribution in [0.15, 0.2) is 24.3 Å². The van der Waals surface area contributed by atoms with E-state index in [1.165, 1.54) is 19.2 Å². The number of rotatable bonds is 7. The van der Waals surface area contributed by atoms with E-state index in [-0.39, 0.29) is 12.3 Å². The molecule has 0 spiro atoms. The summed E-state index contributed by atoms with van der Waals surface area (Å²) in [6.07, 6.45) is -2.94. The highest BCUT2D eigenvalue weighted by molar-refractivity contribution is 5.87. The molecule has 7 heteroatoms. The van der Waals surface area contributed by atoms with Crippen molar-refractivity contribution in [2.45, 2.75) is 38.0 Å². The van der Waals surface area contributed by atoms with Crippen molar-refractivity contribution in [3.63, 3.8) is 0 Å². The van der Waals surface area contributed by atoms with Crippen molar-refractivity contribution in [3.8, 4) is 5.75 Å². The Morgan fingerprint density at radius 2 is 2.00 bits per heavy atom. The summed E-state index contributed by atoms with van der Waals surface area (Å²) in [7, 11) is 1.29. The quantitative estimate of drug-likeness (QED) is 0.760. The average molecular weight is 319 g/mol. The number of methoxy groups -OCH3 is 1. The van der Waals surface area contributed by atoms with Gasteiger partial charge in [-0.1, -0.05) is 31.9 Å². The number of carbonyl (C=O) groups is 1. The number of alkyl halides is 3. The molecule has 1 aromatic carbocycles. The maximum absolute atomic E-state index is 13.3. The molecule has 1 aromatic rings. The number of amides is 1. The van der Waals surface area contributed by atoms with Gasteiger partial charge in [0, 0.05) is 12.1 Å². The van der Waals surface area contributed by atoms with Gasteiger partial charge in [0.05, 0.1) is 7.11 Å². The third kappa shape index (κ3) is 3.91. The molecule has 0 saturated heterocycles. The van der Waals surface area contributed by atoms with Crippen molar-refractivity contribution in [1.82, 2.24) is 5.32 Å². The van der Waals surface area contributed by atoms with Crippen LogP contribution < -0.4 is 10.1 Å². The number of aliphatic hydroxyl groups is 1. The fourth-order valence-corrected chi connectivity index (χ4v) is 1.98. The maximum Gasteiger partial charge on any atom is 0.430 e. The third-order valence-electron chi connectivity index (χ3n) is 3.29. The van der Waals surface area contributed by atoms with Gasteiger partial charge < -0.3 is 15.2 Å². The van der Waals surface area contributed by atoms with Gasteiger partial charge in [0.25, 0.3) is 11.5 Å². The minimum atomic E-state index is -5.14. The van der Waals surface area contributed by atoms with Crippen LogP contribution in [0.1, 0.15) is 31.7 Å². The van der Waals surface area contributed by atoms with Crippen LogP contribution in [-0.2, 0) is 10.4 Å². The lowest BCUT2D eigenvalue weighted by molar-refractivity contribution is -0.257. The van der Waals surface area contributed by atoms with E-state index >= 15 is 0 Å². The standard InChI is InChI=1S/C15H20F3NO3/c1-3-4-5-9-19-13(20)14(21,15(16,17)18)11-7-6-8-12(10-11)22-2/h6-8,10,21H,3-5,9H2,1-2H3,(H,19,20)/t14-/m1/s1. The summed E-state index contributed by atoms with van der Waals surface area (Å²) >= 11 is 0. The first kappa shape index (κ1) is 18.3. The van der Waals surface area contributed by atoms with E-state index in [2.05, 4.69) is 5.32 Å². The predicted octanol–water partition coefficient (Wildman–Crippen LogP) is 2.75. The van der Waals surface area contributed by atoms with Gasteiger partial charge in [-0.3, -0.25) is 4.79 Å². The topological polar surface area (TPSA) is 58.6 Å². The van der Waals surface area contributed by atoms with Gasteiger partial charge in [-0.25, -0.2) is 0 Å². The van der Waals surface area contributed by atoms with Gasteiger partial charge in [-0.05, 0) is 18.6 Å². The average Bonchev–Trinajstić information content (AvgIpc) is 2.49. The first-order valence-electron chi connectivity index (χ1n) is 6.99. The molecule has 4 nitrogen and oxygen atoms in total. The Hall–Kier alpha value is -1.76. The summed E-state index contributed by atoms with van der Waals surface area (Å²) in [6, 6.07) is 4.76. The second kappa shape index (κ2) is 7.49. The number of nitrogens with one attached hydrogen (secondary N) is 1. The van der Waals surface area contributed by atoms with Gasteiger partial charge in [-0.2, -0.15) is 13.2 Å². The summed E-state index contributed by atoms with van der Waals surface area (Å²) < 4.78 is 44.7. The lowest BCUT2D eigenvalue weighted by Gasteiger charge is -2.29. The molecule has 0 aliphatic heterocycles. The number of benzene rings is 1. The summed E-state index contributed by atoms with van der Waals surface area (Å²) in [5.41, 5.74) is -4.18. The van der Waals surface area contributed by atoms with E-state index in [9.17, 15) is 23.1 Å². The molecule has 124 valence electrons. The molecule has 1 atom stereocenters. The Labute approximate surface area is 127 Å². The van der Waals surface area contributed by atoms with Crippen molar-refractivity contribution in [2.24, 2.45) is 0 Å². The highest BCUT2D eigenvalue weighted by atomic mass is 19.4. The van der Waals surface area contributed by atoms with Crippen molar-refractivity contribution < 1.29 is 27.8 Å². The Morgan fingerprint density at radius 1 is 1.32 bits per heavy atom. The molecule has 2 N–H and O–H groups in total. The minimum Gasteiger partial charge on any atom is -0.497 e. The molecule has 0 radical (unpaired) electrons. The maximum atomic E-state index is 13.3. The molecule has 1 rings (SSSR count). The molecule has 0 aliphatic rings. The first-order valence-corrected chi connectivity index (χ1v) is 6.99. The number of carbonyl (C=O) groups excluding carboxylic acids is 1. The fraction of sp³-hybridized carbons (Fsp3) is 0.533. The van der Waals surface area contributed by atoms with Crippen LogP contribution in [0.3, 0.4) is 0 Å². The largest absolute Gasteiger partial charge is 0.497 e. The van der Waals surface area contributed by atoms with Gasteiger partial charge in [-0.15, -0.1) is 0 Å². The minimum absolute atomic E-state index is 0.0784. The zero-order valence-electron chi connectivity index (χ0n) is 12.5.